The van der Waals surface area contributed by atoms with Gasteiger partial charge in [-0.05, 0) is 12.1 Å². The molecule has 2 N–H and O–H groups in total. The number of amides is 1. The first-order chi connectivity index (χ1) is 6.09. The van der Waals surface area contributed by atoms with Crippen molar-refractivity contribution in [3.05, 3.63) is 24.0 Å². The third kappa shape index (κ3) is 2.55. The minimum atomic E-state index is -0.905. The Bertz CT molecular complexity index is 332. The van der Waals surface area contributed by atoms with Gasteiger partial charge in [0.2, 0.25) is 0 Å². The number of ketones is 1. The van der Waals surface area contributed by atoms with Crippen molar-refractivity contribution in [3.8, 4) is 5.75 Å². The fourth-order valence-electron chi connectivity index (χ4n) is 0.765. The van der Waals surface area contributed by atoms with Gasteiger partial charge < -0.3 is 10.5 Å². The summed E-state index contributed by atoms with van der Waals surface area (Å²) < 4.78 is 4.51. The number of nitrogens with two attached hydrogens (primary N) is 1. The predicted octanol–water partition coefficient (Wildman–Crippen LogP) is 0.742. The van der Waals surface area contributed by atoms with E-state index in [9.17, 15) is 9.59 Å². The maximum absolute atomic E-state index is 10.8. The summed E-state index contributed by atoms with van der Waals surface area (Å²) in [5.41, 5.74) is 5.08. The standard InChI is InChI=1S/C8H8N2O3/c1-5(11)7-3-2-6(4-10-7)13-8(9)12/h2-4H,1H3,(H2,9,12). The average molecular weight is 180 g/mol. The third-order valence-electron chi connectivity index (χ3n) is 1.32. The first-order valence-electron chi connectivity index (χ1n) is 3.54. The number of aromatic nitrogens is 1. The highest BCUT2D eigenvalue weighted by molar-refractivity contribution is 5.92. The van der Waals surface area contributed by atoms with Crippen molar-refractivity contribution in [1.29, 1.82) is 0 Å². The maximum atomic E-state index is 10.8. The number of Topliss-reactive ketones (excluding diaryl/α,β-unsaturated/α-hetero) is 1. The summed E-state index contributed by atoms with van der Waals surface area (Å²) >= 11 is 0. The van der Waals surface area contributed by atoms with Crippen LogP contribution in [-0.2, 0) is 0 Å². The fourth-order valence-corrected chi connectivity index (χ4v) is 0.765. The number of hydrogen-bond acceptors (Lipinski definition) is 4. The molecule has 1 aromatic heterocycles. The summed E-state index contributed by atoms with van der Waals surface area (Å²) in [7, 11) is 0. The lowest BCUT2D eigenvalue weighted by Crippen LogP contribution is -2.16. The largest absolute Gasteiger partial charge is 0.410 e. The van der Waals surface area contributed by atoms with Crippen molar-refractivity contribution in [2.75, 3.05) is 0 Å². The number of carbonyl (C=O) groups excluding carboxylic acids is 2. The summed E-state index contributed by atoms with van der Waals surface area (Å²) in [5, 5.41) is 0. The Morgan fingerprint density at radius 1 is 1.46 bits per heavy atom. The molecule has 0 aliphatic rings. The molecule has 5 heteroatoms. The fraction of sp³-hybridized carbons (Fsp3) is 0.125. The minimum absolute atomic E-state index is 0.148. The van der Waals surface area contributed by atoms with Crippen LogP contribution in [0, 0.1) is 0 Å². The van der Waals surface area contributed by atoms with Crippen LogP contribution in [0.5, 0.6) is 5.75 Å². The third-order valence-corrected chi connectivity index (χ3v) is 1.32. The maximum Gasteiger partial charge on any atom is 0.410 e. The van der Waals surface area contributed by atoms with Gasteiger partial charge in [-0.25, -0.2) is 9.78 Å². The molecular weight excluding hydrogens is 172 g/mol. The van der Waals surface area contributed by atoms with Crippen LogP contribution in [0.3, 0.4) is 0 Å². The minimum Gasteiger partial charge on any atom is -0.409 e. The molecule has 1 amide bonds. The Labute approximate surface area is 74.5 Å². The molecule has 1 aromatic rings. The van der Waals surface area contributed by atoms with E-state index in [1.165, 1.54) is 25.3 Å². The number of pyridine rings is 1. The van der Waals surface area contributed by atoms with E-state index in [1.807, 2.05) is 0 Å². The molecule has 0 spiro atoms. The van der Waals surface area contributed by atoms with E-state index < -0.39 is 6.09 Å². The molecule has 13 heavy (non-hydrogen) atoms. The van der Waals surface area contributed by atoms with Gasteiger partial charge in [-0.15, -0.1) is 0 Å². The molecule has 0 unspecified atom stereocenters. The quantitative estimate of drug-likeness (QED) is 0.680. The van der Waals surface area contributed by atoms with E-state index >= 15 is 0 Å². The smallest absolute Gasteiger partial charge is 0.409 e. The SMILES string of the molecule is CC(=O)c1ccc(OC(N)=O)cn1. The van der Waals surface area contributed by atoms with Gasteiger partial charge in [0, 0.05) is 6.92 Å². The molecule has 0 saturated carbocycles. The zero-order valence-electron chi connectivity index (χ0n) is 6.98. The van der Waals surface area contributed by atoms with Crippen LogP contribution >= 0.6 is 0 Å². The molecule has 1 heterocycles. The van der Waals surface area contributed by atoms with Crippen LogP contribution in [0.2, 0.25) is 0 Å². The van der Waals surface area contributed by atoms with Crippen molar-refractivity contribution in [1.82, 2.24) is 4.98 Å². The second kappa shape index (κ2) is 3.66. The summed E-state index contributed by atoms with van der Waals surface area (Å²) in [6, 6.07) is 2.91. The zero-order chi connectivity index (χ0) is 9.84. The molecule has 0 atom stereocenters. The van der Waals surface area contributed by atoms with E-state index in [-0.39, 0.29) is 11.5 Å². The number of hydrogen-bond donors (Lipinski definition) is 1. The molecule has 0 saturated heterocycles. The van der Waals surface area contributed by atoms with Crippen molar-refractivity contribution in [2.24, 2.45) is 5.73 Å². The lowest BCUT2D eigenvalue weighted by Gasteiger charge is -1.99. The van der Waals surface area contributed by atoms with Gasteiger partial charge in [-0.2, -0.15) is 0 Å². The highest BCUT2D eigenvalue weighted by Gasteiger charge is 2.02. The molecule has 0 aliphatic carbocycles. The molecule has 0 radical (unpaired) electrons. The van der Waals surface area contributed by atoms with E-state index in [1.54, 1.807) is 0 Å². The first-order valence-corrected chi connectivity index (χ1v) is 3.54. The lowest BCUT2D eigenvalue weighted by atomic mass is 10.3. The number of nitrogens with zero attached hydrogens (tertiary/aromatic N) is 1. The van der Waals surface area contributed by atoms with Gasteiger partial charge >= 0.3 is 6.09 Å². The Hall–Kier alpha value is -1.91. The monoisotopic (exact) mass is 180 g/mol. The van der Waals surface area contributed by atoms with E-state index in [2.05, 4.69) is 9.72 Å². The number of primary amides is 1. The normalized spacial score (nSPS) is 9.31. The lowest BCUT2D eigenvalue weighted by molar-refractivity contribution is 0.101. The first kappa shape index (κ1) is 9.18. The Kier molecular flexibility index (Phi) is 2.59. The Morgan fingerprint density at radius 2 is 2.15 bits per heavy atom. The Balaban J connectivity index is 2.81. The highest BCUT2D eigenvalue weighted by Crippen LogP contribution is 2.08. The van der Waals surface area contributed by atoms with Crippen LogP contribution < -0.4 is 10.5 Å². The van der Waals surface area contributed by atoms with Crippen molar-refractivity contribution in [3.63, 3.8) is 0 Å². The molecule has 0 aromatic carbocycles. The average Bonchev–Trinajstić information content (AvgIpc) is 2.04. The van der Waals surface area contributed by atoms with Crippen LogP contribution in [0.25, 0.3) is 0 Å². The van der Waals surface area contributed by atoms with Gasteiger partial charge in [0.25, 0.3) is 0 Å². The molecule has 0 bridgehead atoms. The molecule has 68 valence electrons. The predicted molar refractivity (Wildman–Crippen MR) is 44.5 cm³/mol. The molecule has 0 fully saturated rings. The van der Waals surface area contributed by atoms with Gasteiger partial charge in [-0.1, -0.05) is 0 Å². The highest BCUT2D eigenvalue weighted by atomic mass is 16.5. The van der Waals surface area contributed by atoms with Gasteiger partial charge in [0.05, 0.1) is 6.20 Å². The van der Waals surface area contributed by atoms with Crippen molar-refractivity contribution >= 4 is 11.9 Å². The van der Waals surface area contributed by atoms with Crippen LogP contribution in [-0.4, -0.2) is 16.9 Å². The number of ether oxygens (including phenoxy) is 1. The molecular formula is C8H8N2O3. The zero-order valence-corrected chi connectivity index (χ0v) is 6.98. The van der Waals surface area contributed by atoms with Gasteiger partial charge in [0.15, 0.2) is 11.5 Å². The second-order valence-electron chi connectivity index (χ2n) is 2.36. The summed E-state index contributed by atoms with van der Waals surface area (Å²) in [6.07, 6.45) is 0.360. The van der Waals surface area contributed by atoms with Gasteiger partial charge in [0.1, 0.15) is 5.69 Å². The van der Waals surface area contributed by atoms with Crippen LogP contribution in [0.4, 0.5) is 4.79 Å². The van der Waals surface area contributed by atoms with E-state index in [0.29, 0.717) is 5.69 Å². The van der Waals surface area contributed by atoms with Crippen LogP contribution in [0.15, 0.2) is 18.3 Å². The summed E-state index contributed by atoms with van der Waals surface area (Å²) in [4.78, 5) is 24.8. The van der Waals surface area contributed by atoms with Gasteiger partial charge in [-0.3, -0.25) is 4.79 Å². The van der Waals surface area contributed by atoms with Crippen molar-refractivity contribution < 1.29 is 14.3 Å². The molecule has 5 nitrogen and oxygen atoms in total. The van der Waals surface area contributed by atoms with Crippen molar-refractivity contribution in [2.45, 2.75) is 6.92 Å². The summed E-state index contributed by atoms with van der Waals surface area (Å²) in [6.45, 7) is 1.40. The molecule has 0 aliphatic heterocycles. The van der Waals surface area contributed by atoms with Crippen LogP contribution in [0.1, 0.15) is 17.4 Å². The topological polar surface area (TPSA) is 82.3 Å². The molecule has 1 rings (SSSR count). The second-order valence-corrected chi connectivity index (χ2v) is 2.36. The van der Waals surface area contributed by atoms with E-state index in [0.717, 1.165) is 0 Å². The Morgan fingerprint density at radius 3 is 2.54 bits per heavy atom. The van der Waals surface area contributed by atoms with E-state index in [4.69, 9.17) is 5.73 Å². The summed E-state index contributed by atoms with van der Waals surface area (Å²) in [5.74, 6) is 0.0723. The number of carbonyl (C=O) groups is 2. The number of rotatable bonds is 2.